The van der Waals surface area contributed by atoms with Gasteiger partial charge in [0, 0.05) is 6.04 Å². The standard InChI is InChI=1S/C14H18F3N/c1-13(2)8-7-10-5-3-4-6-11(10)12(13)18-9-14(15,16)17/h3-6,12,18H,7-9H2,1-2H3. The monoisotopic (exact) mass is 257 g/mol. The first kappa shape index (κ1) is 13.4. The Balaban J connectivity index is 2.25. The topological polar surface area (TPSA) is 12.0 Å². The second kappa shape index (κ2) is 4.57. The van der Waals surface area contributed by atoms with Gasteiger partial charge in [-0.2, -0.15) is 13.2 Å². The molecule has 1 aliphatic rings. The van der Waals surface area contributed by atoms with Crippen LogP contribution in [0.15, 0.2) is 24.3 Å². The van der Waals surface area contributed by atoms with Gasteiger partial charge in [0.2, 0.25) is 0 Å². The van der Waals surface area contributed by atoms with Crippen LogP contribution in [0.1, 0.15) is 37.4 Å². The molecule has 0 spiro atoms. The molecule has 0 saturated carbocycles. The molecule has 1 aliphatic carbocycles. The molecular weight excluding hydrogens is 239 g/mol. The predicted molar refractivity (Wildman–Crippen MR) is 65.3 cm³/mol. The van der Waals surface area contributed by atoms with Gasteiger partial charge in [-0.15, -0.1) is 0 Å². The molecule has 0 amide bonds. The van der Waals surface area contributed by atoms with Crippen LogP contribution >= 0.6 is 0 Å². The molecule has 1 nitrogen and oxygen atoms in total. The van der Waals surface area contributed by atoms with Crippen LogP contribution in [0.5, 0.6) is 0 Å². The van der Waals surface area contributed by atoms with Gasteiger partial charge < -0.3 is 5.32 Å². The molecule has 0 saturated heterocycles. The Morgan fingerprint density at radius 1 is 1.28 bits per heavy atom. The average Bonchev–Trinajstić information content (AvgIpc) is 2.25. The van der Waals surface area contributed by atoms with Crippen molar-refractivity contribution in [2.75, 3.05) is 6.54 Å². The highest BCUT2D eigenvalue weighted by Gasteiger charge is 2.38. The van der Waals surface area contributed by atoms with Crippen molar-refractivity contribution < 1.29 is 13.2 Å². The van der Waals surface area contributed by atoms with Gasteiger partial charge in [0.15, 0.2) is 0 Å². The van der Waals surface area contributed by atoms with E-state index in [0.29, 0.717) is 0 Å². The summed E-state index contributed by atoms with van der Waals surface area (Å²) in [6.07, 6.45) is -2.32. The third-order valence-corrected chi connectivity index (χ3v) is 3.69. The van der Waals surface area contributed by atoms with Crippen molar-refractivity contribution in [1.82, 2.24) is 5.32 Å². The van der Waals surface area contributed by atoms with E-state index < -0.39 is 12.7 Å². The Morgan fingerprint density at radius 2 is 1.94 bits per heavy atom. The van der Waals surface area contributed by atoms with Crippen LogP contribution < -0.4 is 5.32 Å². The molecule has 0 aliphatic heterocycles. The van der Waals surface area contributed by atoms with Crippen LogP contribution in [0.4, 0.5) is 13.2 Å². The lowest BCUT2D eigenvalue weighted by molar-refractivity contribution is -0.128. The van der Waals surface area contributed by atoms with Crippen molar-refractivity contribution in [3.63, 3.8) is 0 Å². The second-order valence-corrected chi connectivity index (χ2v) is 5.62. The van der Waals surface area contributed by atoms with E-state index in [2.05, 4.69) is 5.32 Å². The van der Waals surface area contributed by atoms with Crippen molar-refractivity contribution in [3.8, 4) is 0 Å². The zero-order valence-electron chi connectivity index (χ0n) is 10.6. The van der Waals surface area contributed by atoms with Crippen LogP contribution in [0.3, 0.4) is 0 Å². The second-order valence-electron chi connectivity index (χ2n) is 5.62. The predicted octanol–water partition coefficient (Wildman–Crippen LogP) is 3.85. The van der Waals surface area contributed by atoms with Crippen LogP contribution in [-0.2, 0) is 6.42 Å². The maximum Gasteiger partial charge on any atom is 0.401 e. The van der Waals surface area contributed by atoms with Crippen LogP contribution in [0, 0.1) is 5.41 Å². The van der Waals surface area contributed by atoms with E-state index in [-0.39, 0.29) is 11.5 Å². The number of nitrogens with one attached hydrogen (secondary N) is 1. The zero-order chi connectivity index (χ0) is 13.4. The Morgan fingerprint density at radius 3 is 2.61 bits per heavy atom. The van der Waals surface area contributed by atoms with E-state index >= 15 is 0 Å². The fraction of sp³-hybridized carbons (Fsp3) is 0.571. The SMILES string of the molecule is CC1(C)CCc2ccccc2C1NCC(F)(F)F. The van der Waals surface area contributed by atoms with E-state index in [4.69, 9.17) is 0 Å². The minimum absolute atomic E-state index is 0.153. The molecule has 1 atom stereocenters. The van der Waals surface area contributed by atoms with Crippen molar-refractivity contribution in [1.29, 1.82) is 0 Å². The first-order chi connectivity index (χ1) is 8.30. The summed E-state index contributed by atoms with van der Waals surface area (Å²) >= 11 is 0. The van der Waals surface area contributed by atoms with Crippen molar-refractivity contribution in [2.45, 2.75) is 38.9 Å². The average molecular weight is 257 g/mol. The fourth-order valence-electron chi connectivity index (χ4n) is 2.67. The number of aryl methyl sites for hydroxylation is 1. The van der Waals surface area contributed by atoms with Crippen molar-refractivity contribution in [3.05, 3.63) is 35.4 Å². The van der Waals surface area contributed by atoms with Crippen molar-refractivity contribution >= 4 is 0 Å². The Kier molecular flexibility index (Phi) is 3.41. The maximum atomic E-state index is 12.4. The lowest BCUT2D eigenvalue weighted by atomic mass is 9.70. The Labute approximate surface area is 105 Å². The number of fused-ring (bicyclic) bond motifs is 1. The molecular formula is C14H18F3N. The first-order valence-corrected chi connectivity index (χ1v) is 6.17. The number of hydrogen-bond donors (Lipinski definition) is 1. The smallest absolute Gasteiger partial charge is 0.301 e. The van der Waals surface area contributed by atoms with Gasteiger partial charge in [-0.3, -0.25) is 0 Å². The van der Waals surface area contributed by atoms with Gasteiger partial charge in [-0.05, 0) is 29.4 Å². The molecule has 0 aromatic heterocycles. The Hall–Kier alpha value is -1.03. The molecule has 1 aromatic rings. The summed E-state index contributed by atoms with van der Waals surface area (Å²) in [5.74, 6) is 0. The first-order valence-electron chi connectivity index (χ1n) is 6.17. The quantitative estimate of drug-likeness (QED) is 0.848. The normalized spacial score (nSPS) is 22.6. The van der Waals surface area contributed by atoms with Gasteiger partial charge in [0.25, 0.3) is 0 Å². The van der Waals surface area contributed by atoms with E-state index in [1.54, 1.807) is 0 Å². The molecule has 2 rings (SSSR count). The van der Waals surface area contributed by atoms with Crippen LogP contribution in [-0.4, -0.2) is 12.7 Å². The Bertz CT molecular complexity index is 423. The molecule has 0 radical (unpaired) electrons. The summed E-state index contributed by atoms with van der Waals surface area (Å²) in [4.78, 5) is 0. The fourth-order valence-corrected chi connectivity index (χ4v) is 2.67. The summed E-state index contributed by atoms with van der Waals surface area (Å²) in [5.41, 5.74) is 2.02. The van der Waals surface area contributed by atoms with Gasteiger partial charge in [-0.25, -0.2) is 0 Å². The van der Waals surface area contributed by atoms with Gasteiger partial charge >= 0.3 is 6.18 Å². The van der Waals surface area contributed by atoms with Crippen LogP contribution in [0.2, 0.25) is 0 Å². The number of alkyl halides is 3. The van der Waals surface area contributed by atoms with E-state index in [0.717, 1.165) is 24.0 Å². The largest absolute Gasteiger partial charge is 0.401 e. The molecule has 1 aromatic carbocycles. The van der Waals surface area contributed by atoms with Gasteiger partial charge in [-0.1, -0.05) is 38.1 Å². The summed E-state index contributed by atoms with van der Waals surface area (Å²) in [6.45, 7) is 3.11. The molecule has 0 fully saturated rings. The molecule has 0 heterocycles. The lowest BCUT2D eigenvalue weighted by Crippen LogP contribution is -2.42. The van der Waals surface area contributed by atoms with Gasteiger partial charge in [0.1, 0.15) is 0 Å². The molecule has 1 unspecified atom stereocenters. The highest BCUT2D eigenvalue weighted by atomic mass is 19.4. The van der Waals surface area contributed by atoms with E-state index in [1.165, 1.54) is 0 Å². The number of benzene rings is 1. The minimum atomic E-state index is -4.16. The molecule has 4 heteroatoms. The lowest BCUT2D eigenvalue weighted by Gasteiger charge is -2.40. The van der Waals surface area contributed by atoms with E-state index in [1.807, 2.05) is 38.1 Å². The number of halogens is 3. The zero-order valence-corrected chi connectivity index (χ0v) is 10.6. The van der Waals surface area contributed by atoms with Crippen molar-refractivity contribution in [2.24, 2.45) is 5.41 Å². The number of hydrogen-bond acceptors (Lipinski definition) is 1. The third kappa shape index (κ3) is 2.86. The van der Waals surface area contributed by atoms with E-state index in [9.17, 15) is 13.2 Å². The molecule has 0 bridgehead atoms. The van der Waals surface area contributed by atoms with Crippen LogP contribution in [0.25, 0.3) is 0 Å². The molecule has 1 N–H and O–H groups in total. The number of rotatable bonds is 2. The summed E-state index contributed by atoms with van der Waals surface area (Å²) in [6, 6.07) is 7.54. The summed E-state index contributed by atoms with van der Waals surface area (Å²) in [5, 5.41) is 2.68. The highest BCUT2D eigenvalue weighted by Crippen LogP contribution is 2.43. The highest BCUT2D eigenvalue weighted by molar-refractivity contribution is 5.34. The minimum Gasteiger partial charge on any atom is -0.301 e. The maximum absolute atomic E-state index is 12.4. The molecule has 100 valence electrons. The molecule has 18 heavy (non-hydrogen) atoms. The van der Waals surface area contributed by atoms with Gasteiger partial charge in [0.05, 0.1) is 6.54 Å². The summed E-state index contributed by atoms with van der Waals surface area (Å²) in [7, 11) is 0. The summed E-state index contributed by atoms with van der Waals surface area (Å²) < 4.78 is 37.1. The third-order valence-electron chi connectivity index (χ3n) is 3.69.